The zero-order chi connectivity index (χ0) is 14.3. The molecule has 1 rings (SSSR count). The van der Waals surface area contributed by atoms with Crippen molar-refractivity contribution in [1.29, 1.82) is 0 Å². The van der Waals surface area contributed by atoms with Crippen molar-refractivity contribution in [1.82, 2.24) is 0 Å². The lowest BCUT2D eigenvalue weighted by Gasteiger charge is -2.24. The molecule has 0 radical (unpaired) electrons. The van der Waals surface area contributed by atoms with Crippen LogP contribution in [-0.2, 0) is 9.53 Å². The molecule has 0 bridgehead atoms. The van der Waals surface area contributed by atoms with Crippen molar-refractivity contribution >= 4 is 17.7 Å². The van der Waals surface area contributed by atoms with Gasteiger partial charge < -0.3 is 15.2 Å². The second-order valence-corrected chi connectivity index (χ2v) is 5.25. The monoisotopic (exact) mass is 283 g/mol. The third-order valence-electron chi connectivity index (χ3n) is 2.91. The number of hydrogen-bond acceptors (Lipinski definition) is 5. The Morgan fingerprint density at radius 3 is 2.63 bits per heavy atom. The molecule has 0 saturated carbocycles. The molecule has 19 heavy (non-hydrogen) atoms. The van der Waals surface area contributed by atoms with Crippen LogP contribution in [0.1, 0.15) is 24.2 Å². The average molecular weight is 283 g/mol. The maximum Gasteiger partial charge on any atom is 0.315 e. The summed E-state index contributed by atoms with van der Waals surface area (Å²) in [5.41, 5.74) is 7.19. The second-order valence-electron chi connectivity index (χ2n) is 4.12. The molecular formula is C14H21NO3S. The van der Waals surface area contributed by atoms with Gasteiger partial charge in [0.1, 0.15) is 5.75 Å². The lowest BCUT2D eigenvalue weighted by Crippen LogP contribution is -2.27. The van der Waals surface area contributed by atoms with Crippen LogP contribution < -0.4 is 10.5 Å². The number of carbonyl (C=O) groups is 1. The lowest BCUT2D eigenvalue weighted by molar-refractivity contribution is -0.137. The Bertz CT molecular complexity index is 411. The predicted octanol–water partition coefficient (Wildman–Crippen LogP) is 2.38. The first kappa shape index (κ1) is 15.9. The fraction of sp³-hybridized carbons (Fsp3) is 0.500. The highest BCUT2D eigenvalue weighted by Gasteiger charge is 2.23. The van der Waals surface area contributed by atoms with Crippen LogP contribution in [0.5, 0.6) is 5.75 Å². The zero-order valence-electron chi connectivity index (χ0n) is 11.6. The fourth-order valence-corrected chi connectivity index (χ4v) is 3.02. The number of para-hydroxylation sites is 1. The normalized spacial score (nSPS) is 13.7. The molecule has 4 nitrogen and oxygen atoms in total. The van der Waals surface area contributed by atoms with Gasteiger partial charge in [0.15, 0.2) is 0 Å². The summed E-state index contributed by atoms with van der Waals surface area (Å²) in [6, 6.07) is 7.73. The molecule has 2 N–H and O–H groups in total. The molecule has 1 aromatic carbocycles. The number of benzene rings is 1. The molecule has 0 amide bonds. The van der Waals surface area contributed by atoms with Crippen LogP contribution in [0.25, 0.3) is 0 Å². The van der Waals surface area contributed by atoms with Crippen LogP contribution in [0.4, 0.5) is 0 Å². The van der Waals surface area contributed by atoms with Gasteiger partial charge in [-0.25, -0.2) is 0 Å². The van der Waals surface area contributed by atoms with Gasteiger partial charge in [0, 0.05) is 16.9 Å². The van der Waals surface area contributed by atoms with Gasteiger partial charge in [-0.05, 0) is 12.5 Å². The molecule has 0 saturated heterocycles. The summed E-state index contributed by atoms with van der Waals surface area (Å²) in [6.07, 6.45) is 0.830. The first-order chi connectivity index (χ1) is 9.13. The van der Waals surface area contributed by atoms with E-state index in [2.05, 4.69) is 4.74 Å². The SMILES string of the molecule is CCC(N)C(SCC(=O)OC)c1ccccc1OC. The van der Waals surface area contributed by atoms with Crippen LogP contribution in [0.2, 0.25) is 0 Å². The second kappa shape index (κ2) is 8.07. The van der Waals surface area contributed by atoms with Crippen molar-refractivity contribution in [2.75, 3.05) is 20.0 Å². The highest BCUT2D eigenvalue weighted by Crippen LogP contribution is 2.37. The Morgan fingerprint density at radius 2 is 2.05 bits per heavy atom. The number of rotatable bonds is 7. The van der Waals surface area contributed by atoms with E-state index >= 15 is 0 Å². The smallest absolute Gasteiger partial charge is 0.315 e. The number of hydrogen-bond donors (Lipinski definition) is 1. The largest absolute Gasteiger partial charge is 0.496 e. The minimum Gasteiger partial charge on any atom is -0.496 e. The van der Waals surface area contributed by atoms with Crippen molar-refractivity contribution in [2.24, 2.45) is 5.73 Å². The zero-order valence-corrected chi connectivity index (χ0v) is 12.4. The molecule has 1 aromatic rings. The van der Waals surface area contributed by atoms with Gasteiger partial charge in [-0.2, -0.15) is 0 Å². The molecule has 0 spiro atoms. The van der Waals surface area contributed by atoms with Crippen LogP contribution in [0, 0.1) is 0 Å². The number of esters is 1. The van der Waals surface area contributed by atoms with Crippen molar-refractivity contribution < 1.29 is 14.3 Å². The third kappa shape index (κ3) is 4.44. The number of methoxy groups -OCH3 is 2. The Balaban J connectivity index is 2.92. The number of ether oxygens (including phenoxy) is 2. The van der Waals surface area contributed by atoms with E-state index in [1.807, 2.05) is 31.2 Å². The Labute approximate surface area is 118 Å². The summed E-state index contributed by atoms with van der Waals surface area (Å²) >= 11 is 1.49. The summed E-state index contributed by atoms with van der Waals surface area (Å²) < 4.78 is 10.0. The van der Waals surface area contributed by atoms with Crippen LogP contribution in [0.15, 0.2) is 24.3 Å². The molecule has 0 fully saturated rings. The molecule has 2 unspecified atom stereocenters. The third-order valence-corrected chi connectivity index (χ3v) is 4.28. The standard InChI is InChI=1S/C14H21NO3S/c1-4-11(15)14(19-9-13(16)18-3)10-7-5-6-8-12(10)17-2/h5-8,11,14H,4,9,15H2,1-3H3. The number of carbonyl (C=O) groups excluding carboxylic acids is 1. The van der Waals surface area contributed by atoms with E-state index in [-0.39, 0.29) is 23.0 Å². The predicted molar refractivity (Wildman–Crippen MR) is 78.5 cm³/mol. The van der Waals surface area contributed by atoms with Gasteiger partial charge in [-0.15, -0.1) is 11.8 Å². The van der Waals surface area contributed by atoms with Gasteiger partial charge in [-0.3, -0.25) is 4.79 Å². The topological polar surface area (TPSA) is 61.6 Å². The highest BCUT2D eigenvalue weighted by atomic mass is 32.2. The minimum atomic E-state index is -0.242. The van der Waals surface area contributed by atoms with Crippen molar-refractivity contribution in [3.8, 4) is 5.75 Å². The summed E-state index contributed by atoms with van der Waals surface area (Å²) in [5, 5.41) is 0.0141. The van der Waals surface area contributed by atoms with E-state index in [4.69, 9.17) is 10.5 Å². The number of thioether (sulfide) groups is 1. The Hall–Kier alpha value is -1.20. The molecule has 0 aliphatic heterocycles. The molecule has 2 atom stereocenters. The molecule has 0 heterocycles. The molecule has 0 aliphatic carbocycles. The first-order valence-corrected chi connectivity index (χ1v) is 7.25. The van der Waals surface area contributed by atoms with E-state index in [0.29, 0.717) is 0 Å². The summed E-state index contributed by atoms with van der Waals surface area (Å²) in [6.45, 7) is 2.03. The maximum atomic E-state index is 11.3. The van der Waals surface area contributed by atoms with E-state index in [9.17, 15) is 4.79 Å². The molecule has 0 aromatic heterocycles. The summed E-state index contributed by atoms with van der Waals surface area (Å²) in [7, 11) is 3.03. The van der Waals surface area contributed by atoms with E-state index in [0.717, 1.165) is 17.7 Å². The highest BCUT2D eigenvalue weighted by molar-refractivity contribution is 8.00. The van der Waals surface area contributed by atoms with Crippen LogP contribution in [0.3, 0.4) is 0 Å². The van der Waals surface area contributed by atoms with Crippen molar-refractivity contribution in [2.45, 2.75) is 24.6 Å². The Morgan fingerprint density at radius 1 is 1.37 bits per heavy atom. The lowest BCUT2D eigenvalue weighted by atomic mass is 10.0. The van der Waals surface area contributed by atoms with Crippen LogP contribution in [-0.4, -0.2) is 32.0 Å². The average Bonchev–Trinajstić information content (AvgIpc) is 2.47. The Kier molecular flexibility index (Phi) is 6.73. The van der Waals surface area contributed by atoms with Gasteiger partial charge in [0.05, 0.1) is 20.0 Å². The van der Waals surface area contributed by atoms with Crippen molar-refractivity contribution in [3.63, 3.8) is 0 Å². The van der Waals surface area contributed by atoms with E-state index in [1.54, 1.807) is 7.11 Å². The van der Waals surface area contributed by atoms with Gasteiger partial charge in [-0.1, -0.05) is 25.1 Å². The fourth-order valence-electron chi connectivity index (χ4n) is 1.78. The van der Waals surface area contributed by atoms with E-state index < -0.39 is 0 Å². The molecular weight excluding hydrogens is 262 g/mol. The minimum absolute atomic E-state index is 0.0141. The maximum absolute atomic E-state index is 11.3. The first-order valence-electron chi connectivity index (χ1n) is 6.20. The molecule has 5 heteroatoms. The van der Waals surface area contributed by atoms with Crippen molar-refractivity contribution in [3.05, 3.63) is 29.8 Å². The van der Waals surface area contributed by atoms with E-state index in [1.165, 1.54) is 18.9 Å². The van der Waals surface area contributed by atoms with Gasteiger partial charge >= 0.3 is 5.97 Å². The quantitative estimate of drug-likeness (QED) is 0.778. The van der Waals surface area contributed by atoms with Gasteiger partial charge in [0.2, 0.25) is 0 Å². The number of nitrogens with two attached hydrogens (primary N) is 1. The van der Waals surface area contributed by atoms with Gasteiger partial charge in [0.25, 0.3) is 0 Å². The molecule has 0 aliphatic rings. The summed E-state index contributed by atoms with van der Waals surface area (Å²) in [4.78, 5) is 11.3. The van der Waals surface area contributed by atoms with Crippen LogP contribution >= 0.6 is 11.8 Å². The molecule has 106 valence electrons. The summed E-state index contributed by atoms with van der Waals surface area (Å²) in [5.74, 6) is 0.842.